The molecule has 130 valence electrons. The van der Waals surface area contributed by atoms with E-state index in [2.05, 4.69) is 4.98 Å². The van der Waals surface area contributed by atoms with Gasteiger partial charge in [0.25, 0.3) is 5.91 Å². The van der Waals surface area contributed by atoms with E-state index in [-0.39, 0.29) is 24.7 Å². The first-order valence-corrected chi connectivity index (χ1v) is 8.35. The lowest BCUT2D eigenvalue weighted by Gasteiger charge is -2.23. The van der Waals surface area contributed by atoms with Gasteiger partial charge in [0.1, 0.15) is 5.82 Å². The summed E-state index contributed by atoms with van der Waals surface area (Å²) in [4.78, 5) is 18.7. The van der Waals surface area contributed by atoms with Crippen molar-refractivity contribution >= 4 is 11.6 Å². The van der Waals surface area contributed by atoms with Crippen LogP contribution in [0.1, 0.15) is 16.7 Å². The SMILES string of the molecule is O=C1N(Cc2ccc(F)cc2)c2ccccc2C1(O)Cc1ccncc1. The number of amides is 1. The molecule has 0 saturated carbocycles. The largest absolute Gasteiger partial charge is 0.375 e. The van der Waals surface area contributed by atoms with Gasteiger partial charge in [-0.2, -0.15) is 0 Å². The van der Waals surface area contributed by atoms with E-state index in [1.807, 2.05) is 18.2 Å². The zero-order valence-electron chi connectivity index (χ0n) is 14.0. The third-order valence-corrected chi connectivity index (χ3v) is 4.70. The Kier molecular flexibility index (Phi) is 4.01. The van der Waals surface area contributed by atoms with E-state index in [4.69, 9.17) is 0 Å². The highest BCUT2D eigenvalue weighted by molar-refractivity contribution is 6.06. The van der Waals surface area contributed by atoms with Crippen LogP contribution in [0.5, 0.6) is 0 Å². The molecule has 1 unspecified atom stereocenters. The number of anilines is 1. The van der Waals surface area contributed by atoms with Crippen molar-refractivity contribution in [3.8, 4) is 0 Å². The van der Waals surface area contributed by atoms with Crippen LogP contribution in [0.2, 0.25) is 0 Å². The molecule has 0 aliphatic carbocycles. The van der Waals surface area contributed by atoms with Crippen LogP contribution < -0.4 is 4.90 Å². The van der Waals surface area contributed by atoms with E-state index >= 15 is 0 Å². The fourth-order valence-corrected chi connectivity index (χ4v) is 3.40. The Balaban J connectivity index is 1.71. The molecule has 2 heterocycles. The van der Waals surface area contributed by atoms with Crippen LogP contribution in [0.4, 0.5) is 10.1 Å². The first-order valence-electron chi connectivity index (χ1n) is 8.35. The monoisotopic (exact) mass is 348 g/mol. The van der Waals surface area contributed by atoms with Crippen molar-refractivity contribution in [2.45, 2.75) is 18.6 Å². The van der Waals surface area contributed by atoms with Crippen molar-refractivity contribution in [1.29, 1.82) is 0 Å². The van der Waals surface area contributed by atoms with Crippen LogP contribution in [0.25, 0.3) is 0 Å². The molecule has 1 atom stereocenters. The molecule has 1 aliphatic rings. The molecular formula is C21H17FN2O2. The molecule has 4 rings (SSSR count). The summed E-state index contributed by atoms with van der Waals surface area (Å²) in [7, 11) is 0. The van der Waals surface area contributed by atoms with Gasteiger partial charge in [-0.15, -0.1) is 0 Å². The van der Waals surface area contributed by atoms with Crippen molar-refractivity contribution in [1.82, 2.24) is 4.98 Å². The molecule has 2 aromatic carbocycles. The molecule has 1 amide bonds. The number of aliphatic hydroxyl groups is 1. The van der Waals surface area contributed by atoms with Gasteiger partial charge in [-0.1, -0.05) is 30.3 Å². The average molecular weight is 348 g/mol. The Hall–Kier alpha value is -3.05. The van der Waals surface area contributed by atoms with Crippen LogP contribution in [0.15, 0.2) is 73.1 Å². The predicted molar refractivity (Wildman–Crippen MR) is 95.9 cm³/mol. The number of rotatable bonds is 4. The number of halogens is 1. The van der Waals surface area contributed by atoms with Crippen LogP contribution >= 0.6 is 0 Å². The number of nitrogens with zero attached hydrogens (tertiary/aromatic N) is 2. The highest BCUT2D eigenvalue weighted by Gasteiger charge is 2.49. The lowest BCUT2D eigenvalue weighted by Crippen LogP contribution is -2.41. The minimum atomic E-state index is -1.63. The minimum Gasteiger partial charge on any atom is -0.375 e. The zero-order valence-corrected chi connectivity index (χ0v) is 14.0. The van der Waals surface area contributed by atoms with Gasteiger partial charge in [0.2, 0.25) is 0 Å². The molecule has 26 heavy (non-hydrogen) atoms. The molecule has 1 N–H and O–H groups in total. The summed E-state index contributed by atoms with van der Waals surface area (Å²) in [5.74, 6) is -0.698. The highest BCUT2D eigenvalue weighted by Crippen LogP contribution is 2.42. The highest BCUT2D eigenvalue weighted by atomic mass is 19.1. The van der Waals surface area contributed by atoms with Crippen molar-refractivity contribution in [2.75, 3.05) is 4.90 Å². The normalized spacial score (nSPS) is 18.8. The first kappa shape index (κ1) is 16.4. The number of carbonyl (C=O) groups excluding carboxylic acids is 1. The minimum absolute atomic E-state index is 0.172. The quantitative estimate of drug-likeness (QED) is 0.788. The van der Waals surface area contributed by atoms with Crippen LogP contribution in [-0.4, -0.2) is 16.0 Å². The van der Waals surface area contributed by atoms with Gasteiger partial charge in [-0.25, -0.2) is 4.39 Å². The summed E-state index contributed by atoms with van der Waals surface area (Å²) in [6, 6.07) is 16.8. The van der Waals surface area contributed by atoms with Crippen molar-refractivity contribution in [2.24, 2.45) is 0 Å². The number of para-hydroxylation sites is 1. The third kappa shape index (κ3) is 2.76. The van der Waals surface area contributed by atoms with Gasteiger partial charge in [0.05, 0.1) is 12.2 Å². The van der Waals surface area contributed by atoms with Gasteiger partial charge in [0, 0.05) is 24.4 Å². The van der Waals surface area contributed by atoms with Crippen molar-refractivity contribution in [3.05, 3.63) is 95.6 Å². The second-order valence-corrected chi connectivity index (χ2v) is 6.43. The topological polar surface area (TPSA) is 53.4 Å². The van der Waals surface area contributed by atoms with Gasteiger partial charge in [0.15, 0.2) is 5.60 Å². The van der Waals surface area contributed by atoms with E-state index in [1.165, 1.54) is 12.1 Å². The molecule has 0 radical (unpaired) electrons. The molecule has 0 saturated heterocycles. The van der Waals surface area contributed by atoms with Crippen molar-refractivity contribution in [3.63, 3.8) is 0 Å². The maximum atomic E-state index is 13.2. The number of fused-ring (bicyclic) bond motifs is 1. The maximum absolute atomic E-state index is 13.2. The molecule has 0 fully saturated rings. The van der Waals surface area contributed by atoms with Gasteiger partial charge < -0.3 is 10.0 Å². The first-order chi connectivity index (χ1) is 12.6. The Bertz CT molecular complexity index is 944. The lowest BCUT2D eigenvalue weighted by atomic mass is 9.89. The summed E-state index contributed by atoms with van der Waals surface area (Å²) >= 11 is 0. The smallest absolute Gasteiger partial charge is 0.264 e. The van der Waals surface area contributed by atoms with E-state index in [9.17, 15) is 14.3 Å². The number of hydrogen-bond donors (Lipinski definition) is 1. The van der Waals surface area contributed by atoms with Gasteiger partial charge in [-0.05, 0) is 41.5 Å². The lowest BCUT2D eigenvalue weighted by molar-refractivity contribution is -0.136. The number of aromatic nitrogens is 1. The second-order valence-electron chi connectivity index (χ2n) is 6.43. The van der Waals surface area contributed by atoms with Crippen LogP contribution in [0, 0.1) is 5.82 Å². The number of carbonyl (C=O) groups is 1. The summed E-state index contributed by atoms with van der Waals surface area (Å²) in [5, 5.41) is 11.3. The van der Waals surface area contributed by atoms with Crippen LogP contribution in [0.3, 0.4) is 0 Å². The predicted octanol–water partition coefficient (Wildman–Crippen LogP) is 3.20. The standard InChI is InChI=1S/C21H17FN2O2/c22-17-7-5-16(6-8-17)14-24-19-4-2-1-3-18(19)21(26,20(24)25)13-15-9-11-23-12-10-15/h1-12,26H,13-14H2. The molecular weight excluding hydrogens is 331 g/mol. The maximum Gasteiger partial charge on any atom is 0.264 e. The molecule has 3 aromatic rings. The molecule has 5 heteroatoms. The van der Waals surface area contributed by atoms with Crippen LogP contribution in [-0.2, 0) is 23.4 Å². The van der Waals surface area contributed by atoms with E-state index in [0.29, 0.717) is 11.3 Å². The molecule has 0 spiro atoms. The fourth-order valence-electron chi connectivity index (χ4n) is 3.40. The van der Waals surface area contributed by atoms with Gasteiger partial charge >= 0.3 is 0 Å². The van der Waals surface area contributed by atoms with Gasteiger partial charge in [-0.3, -0.25) is 9.78 Å². The Morgan fingerprint density at radius 3 is 2.38 bits per heavy atom. The number of benzene rings is 2. The fraction of sp³-hybridized carbons (Fsp3) is 0.143. The summed E-state index contributed by atoms with van der Waals surface area (Å²) < 4.78 is 13.2. The average Bonchev–Trinajstić information content (AvgIpc) is 2.87. The summed E-state index contributed by atoms with van der Waals surface area (Å²) in [6.45, 7) is 0.273. The Labute approximate surface area is 150 Å². The summed E-state index contributed by atoms with van der Waals surface area (Å²) in [6.07, 6.45) is 3.45. The van der Waals surface area contributed by atoms with E-state index in [0.717, 1.165) is 11.1 Å². The van der Waals surface area contributed by atoms with Crippen molar-refractivity contribution < 1.29 is 14.3 Å². The van der Waals surface area contributed by atoms with E-state index < -0.39 is 5.60 Å². The molecule has 0 bridgehead atoms. The molecule has 1 aliphatic heterocycles. The molecule has 1 aromatic heterocycles. The number of hydrogen-bond acceptors (Lipinski definition) is 3. The van der Waals surface area contributed by atoms with E-state index in [1.54, 1.807) is 47.6 Å². The Morgan fingerprint density at radius 2 is 1.65 bits per heavy atom. The number of pyridine rings is 1. The second kappa shape index (κ2) is 6.35. The third-order valence-electron chi connectivity index (χ3n) is 4.70. The molecule has 4 nitrogen and oxygen atoms in total. The zero-order chi connectivity index (χ0) is 18.1. The summed E-state index contributed by atoms with van der Waals surface area (Å²) in [5.41, 5.74) is 1.26. The Morgan fingerprint density at radius 1 is 0.962 bits per heavy atom.